The summed E-state index contributed by atoms with van der Waals surface area (Å²) in [5.41, 5.74) is 0.906. The minimum Gasteiger partial charge on any atom is -0.339 e. The highest BCUT2D eigenvalue weighted by atomic mass is 32.2. The van der Waals surface area contributed by atoms with Gasteiger partial charge in [0.05, 0.1) is 0 Å². The van der Waals surface area contributed by atoms with Gasteiger partial charge in [-0.05, 0) is 16.0 Å². The van der Waals surface area contributed by atoms with Crippen LogP contribution in [-0.2, 0) is 4.79 Å². The van der Waals surface area contributed by atoms with Crippen molar-refractivity contribution in [1.82, 2.24) is 25.1 Å². The first-order chi connectivity index (χ1) is 9.86. The molecule has 0 unspecified atom stereocenters. The second-order valence-electron chi connectivity index (χ2n) is 4.54. The van der Waals surface area contributed by atoms with Gasteiger partial charge in [-0.1, -0.05) is 30.3 Å². The SMILES string of the molecule is O=C([C@@H](c1ccccc1)n1cnnn1)N1CCSCC1. The maximum absolute atomic E-state index is 12.8. The van der Waals surface area contributed by atoms with Crippen LogP contribution in [0.4, 0.5) is 0 Å². The van der Waals surface area contributed by atoms with Crippen LogP contribution in [0.3, 0.4) is 0 Å². The topological polar surface area (TPSA) is 63.9 Å². The van der Waals surface area contributed by atoms with E-state index in [9.17, 15) is 4.79 Å². The molecule has 0 saturated carbocycles. The lowest BCUT2D eigenvalue weighted by Gasteiger charge is -2.30. The zero-order valence-corrected chi connectivity index (χ0v) is 11.7. The quantitative estimate of drug-likeness (QED) is 0.838. The molecular formula is C13H15N5OS. The van der Waals surface area contributed by atoms with Crippen molar-refractivity contribution in [2.75, 3.05) is 24.6 Å². The third kappa shape index (κ3) is 2.67. The lowest BCUT2D eigenvalue weighted by atomic mass is 10.1. The van der Waals surface area contributed by atoms with E-state index >= 15 is 0 Å². The van der Waals surface area contributed by atoms with E-state index in [4.69, 9.17) is 0 Å². The molecule has 104 valence electrons. The zero-order chi connectivity index (χ0) is 13.8. The Morgan fingerprint density at radius 1 is 1.20 bits per heavy atom. The second kappa shape index (κ2) is 6.04. The smallest absolute Gasteiger partial charge is 0.252 e. The van der Waals surface area contributed by atoms with Crippen LogP contribution in [0, 0.1) is 0 Å². The normalized spacial score (nSPS) is 16.9. The summed E-state index contributed by atoms with van der Waals surface area (Å²) in [6.45, 7) is 1.57. The molecule has 1 aromatic carbocycles. The van der Waals surface area contributed by atoms with Crippen LogP contribution in [0.15, 0.2) is 36.7 Å². The van der Waals surface area contributed by atoms with E-state index in [0.29, 0.717) is 0 Å². The number of nitrogens with zero attached hydrogens (tertiary/aromatic N) is 5. The number of benzene rings is 1. The van der Waals surface area contributed by atoms with Crippen molar-refractivity contribution in [3.05, 3.63) is 42.2 Å². The first-order valence-corrected chi connectivity index (χ1v) is 7.65. The molecule has 20 heavy (non-hydrogen) atoms. The van der Waals surface area contributed by atoms with Crippen LogP contribution in [0.2, 0.25) is 0 Å². The van der Waals surface area contributed by atoms with Crippen molar-refractivity contribution in [2.24, 2.45) is 0 Å². The Morgan fingerprint density at radius 2 is 1.95 bits per heavy atom. The molecule has 1 aliphatic heterocycles. The summed E-state index contributed by atoms with van der Waals surface area (Å²) < 4.78 is 1.53. The van der Waals surface area contributed by atoms with Gasteiger partial charge >= 0.3 is 0 Å². The number of aromatic nitrogens is 4. The molecule has 1 saturated heterocycles. The Morgan fingerprint density at radius 3 is 2.60 bits per heavy atom. The lowest BCUT2D eigenvalue weighted by Crippen LogP contribution is -2.42. The van der Waals surface area contributed by atoms with Gasteiger partial charge in [0.25, 0.3) is 5.91 Å². The summed E-state index contributed by atoms with van der Waals surface area (Å²) in [4.78, 5) is 14.7. The molecule has 0 bridgehead atoms. The van der Waals surface area contributed by atoms with Crippen LogP contribution in [0.1, 0.15) is 11.6 Å². The maximum Gasteiger partial charge on any atom is 0.252 e. The number of hydrogen-bond donors (Lipinski definition) is 0. The predicted molar refractivity (Wildman–Crippen MR) is 76.3 cm³/mol. The lowest BCUT2D eigenvalue weighted by molar-refractivity contribution is -0.133. The third-order valence-electron chi connectivity index (χ3n) is 3.30. The summed E-state index contributed by atoms with van der Waals surface area (Å²) in [6, 6.07) is 9.17. The van der Waals surface area contributed by atoms with Crippen LogP contribution in [0.5, 0.6) is 0 Å². The van der Waals surface area contributed by atoms with Crippen molar-refractivity contribution in [2.45, 2.75) is 6.04 Å². The molecule has 1 fully saturated rings. The highest BCUT2D eigenvalue weighted by Gasteiger charge is 2.29. The predicted octanol–water partition coefficient (Wildman–Crippen LogP) is 0.838. The van der Waals surface area contributed by atoms with Gasteiger partial charge in [-0.2, -0.15) is 11.8 Å². The number of rotatable bonds is 3. The molecule has 6 nitrogen and oxygen atoms in total. The molecule has 3 rings (SSSR count). The number of hydrogen-bond acceptors (Lipinski definition) is 5. The van der Waals surface area contributed by atoms with E-state index in [2.05, 4.69) is 15.5 Å². The van der Waals surface area contributed by atoms with Gasteiger partial charge in [0.15, 0.2) is 6.04 Å². The molecule has 7 heteroatoms. The van der Waals surface area contributed by atoms with Gasteiger partial charge in [0.1, 0.15) is 6.33 Å². The van der Waals surface area contributed by atoms with Crippen molar-refractivity contribution in [3.63, 3.8) is 0 Å². The Labute approximate surface area is 121 Å². The molecule has 0 N–H and O–H groups in total. The number of carbonyl (C=O) groups is 1. The zero-order valence-electron chi connectivity index (χ0n) is 10.9. The maximum atomic E-state index is 12.8. The fourth-order valence-corrected chi connectivity index (χ4v) is 3.19. The van der Waals surface area contributed by atoms with Crippen LogP contribution in [0.25, 0.3) is 0 Å². The molecule has 0 aliphatic carbocycles. The molecule has 2 aromatic rings. The second-order valence-corrected chi connectivity index (χ2v) is 5.77. The largest absolute Gasteiger partial charge is 0.339 e. The van der Waals surface area contributed by atoms with E-state index < -0.39 is 6.04 Å². The van der Waals surface area contributed by atoms with Crippen molar-refractivity contribution >= 4 is 17.7 Å². The molecule has 2 heterocycles. The van der Waals surface area contributed by atoms with Gasteiger partial charge < -0.3 is 4.90 Å². The summed E-state index contributed by atoms with van der Waals surface area (Å²) in [6.07, 6.45) is 1.49. The van der Waals surface area contributed by atoms with E-state index in [1.54, 1.807) is 0 Å². The van der Waals surface area contributed by atoms with Crippen LogP contribution < -0.4 is 0 Å². The fourth-order valence-electron chi connectivity index (χ4n) is 2.29. The summed E-state index contributed by atoms with van der Waals surface area (Å²) in [5.74, 6) is 2.04. The van der Waals surface area contributed by atoms with Gasteiger partial charge in [0.2, 0.25) is 0 Å². The number of tetrazole rings is 1. The Kier molecular flexibility index (Phi) is 3.96. The number of amides is 1. The van der Waals surface area contributed by atoms with E-state index in [1.165, 1.54) is 11.0 Å². The minimum atomic E-state index is -0.478. The van der Waals surface area contributed by atoms with Gasteiger partial charge in [-0.15, -0.1) is 5.10 Å². The van der Waals surface area contributed by atoms with E-state index in [-0.39, 0.29) is 5.91 Å². The minimum absolute atomic E-state index is 0.0591. The molecule has 1 amide bonds. The Balaban J connectivity index is 1.91. The highest BCUT2D eigenvalue weighted by Crippen LogP contribution is 2.21. The van der Waals surface area contributed by atoms with Crippen LogP contribution >= 0.6 is 11.8 Å². The molecule has 1 atom stereocenters. The third-order valence-corrected chi connectivity index (χ3v) is 4.24. The summed E-state index contributed by atoms with van der Waals surface area (Å²) >= 11 is 1.88. The van der Waals surface area contributed by atoms with Crippen molar-refractivity contribution < 1.29 is 4.79 Å². The average Bonchev–Trinajstić information content (AvgIpc) is 3.03. The fraction of sp³-hybridized carbons (Fsp3) is 0.385. The Hall–Kier alpha value is -1.89. The van der Waals surface area contributed by atoms with Crippen LogP contribution in [-0.4, -0.2) is 55.6 Å². The summed E-state index contributed by atoms with van der Waals surface area (Å²) in [7, 11) is 0. The molecule has 1 aliphatic rings. The van der Waals surface area contributed by atoms with Crippen molar-refractivity contribution in [1.29, 1.82) is 0 Å². The monoisotopic (exact) mass is 289 g/mol. The Bertz CT molecular complexity index is 553. The first-order valence-electron chi connectivity index (χ1n) is 6.50. The summed E-state index contributed by atoms with van der Waals surface area (Å²) in [5, 5.41) is 11.2. The molecule has 0 radical (unpaired) electrons. The first kappa shape index (κ1) is 13.1. The van der Waals surface area contributed by atoms with E-state index in [1.807, 2.05) is 47.0 Å². The average molecular weight is 289 g/mol. The molecule has 0 spiro atoms. The highest BCUT2D eigenvalue weighted by molar-refractivity contribution is 7.99. The number of carbonyl (C=O) groups excluding carboxylic acids is 1. The standard InChI is InChI=1S/C13H15N5OS/c19-13(17-6-8-20-9-7-17)12(18-10-14-15-16-18)11-4-2-1-3-5-11/h1-5,10,12H,6-9H2/t12-/m1/s1. The van der Waals surface area contributed by atoms with Crippen molar-refractivity contribution in [3.8, 4) is 0 Å². The molecule has 1 aromatic heterocycles. The van der Waals surface area contributed by atoms with Gasteiger partial charge in [-0.3, -0.25) is 4.79 Å². The van der Waals surface area contributed by atoms with E-state index in [0.717, 1.165) is 30.2 Å². The number of thioether (sulfide) groups is 1. The van der Waals surface area contributed by atoms with Gasteiger partial charge in [0, 0.05) is 24.6 Å². The molecular weight excluding hydrogens is 274 g/mol. The van der Waals surface area contributed by atoms with Gasteiger partial charge in [-0.25, -0.2) is 4.68 Å².